The zero-order valence-electron chi connectivity index (χ0n) is 27.2. The number of fused-ring (bicyclic) bond motifs is 1. The molecule has 2 heterocycles. The zero-order chi connectivity index (χ0) is 35.4. The minimum atomic E-state index is -1.03. The Morgan fingerprint density at radius 2 is 1.76 bits per heavy atom. The predicted octanol–water partition coefficient (Wildman–Crippen LogP) is 5.22. The number of nitro groups is 1. The lowest BCUT2D eigenvalue weighted by molar-refractivity contribution is -0.384. The van der Waals surface area contributed by atoms with E-state index < -0.39 is 40.8 Å². The highest BCUT2D eigenvalue weighted by Crippen LogP contribution is 2.47. The van der Waals surface area contributed by atoms with Gasteiger partial charge in [-0.05, 0) is 68.4 Å². The summed E-state index contributed by atoms with van der Waals surface area (Å²) < 4.78 is 10.9. The van der Waals surface area contributed by atoms with E-state index in [0.29, 0.717) is 41.5 Å². The Bertz CT molecular complexity index is 1790. The average molecular weight is 690 g/mol. The lowest BCUT2D eigenvalue weighted by Crippen LogP contribution is -2.63. The Labute approximate surface area is 288 Å². The summed E-state index contributed by atoms with van der Waals surface area (Å²) >= 11 is 6.43. The van der Waals surface area contributed by atoms with Crippen molar-refractivity contribution in [3.8, 4) is 5.75 Å². The summed E-state index contributed by atoms with van der Waals surface area (Å²) in [6.07, 6.45) is -0.270. The van der Waals surface area contributed by atoms with Crippen LogP contribution in [0.1, 0.15) is 53.0 Å². The second-order valence-electron chi connectivity index (χ2n) is 12.3. The normalized spacial score (nSPS) is 18.9. The number of hydrogen-bond acceptors (Lipinski definition) is 10. The summed E-state index contributed by atoms with van der Waals surface area (Å²) in [5.41, 5.74) is 1.59. The molecule has 0 spiro atoms. The number of aliphatic hydroxyl groups excluding tert-OH is 1. The van der Waals surface area contributed by atoms with Crippen molar-refractivity contribution in [2.75, 3.05) is 20.1 Å². The highest BCUT2D eigenvalue weighted by atomic mass is 35.5. The highest BCUT2D eigenvalue weighted by molar-refractivity contribution is 6.34. The molecule has 1 fully saturated rings. The number of amides is 1. The maximum absolute atomic E-state index is 13.4. The molecule has 1 N–H and O–H groups in total. The van der Waals surface area contributed by atoms with Crippen LogP contribution in [0.4, 0.5) is 5.69 Å². The van der Waals surface area contributed by atoms with Gasteiger partial charge >= 0.3 is 11.9 Å². The molecule has 2 aliphatic rings. The van der Waals surface area contributed by atoms with E-state index in [1.807, 2.05) is 49.2 Å². The molecule has 12 nitrogen and oxygen atoms in total. The zero-order valence-corrected chi connectivity index (χ0v) is 28.0. The number of nitrogens with zero attached hydrogens (tertiary/aromatic N) is 3. The SMILES string of the molecule is C[C@@H](O)[C@H]1C(=O)N2C(C(=O)OC(=O)c3ccc([N+](=O)[O-])cc3)=C(CN(C)CCCC(=O)c3ccc(OCc4ccccc4)cc3Cl)[C@H](C)[C@H]12. The molecule has 256 valence electrons. The number of ether oxygens (including phenoxy) is 2. The number of benzene rings is 3. The van der Waals surface area contributed by atoms with Gasteiger partial charge in [-0.1, -0.05) is 48.9 Å². The first kappa shape index (κ1) is 35.4. The van der Waals surface area contributed by atoms with Gasteiger partial charge in [-0.2, -0.15) is 0 Å². The molecule has 0 radical (unpaired) electrons. The van der Waals surface area contributed by atoms with E-state index in [-0.39, 0.29) is 41.6 Å². The number of nitro benzene ring substituents is 1. The summed E-state index contributed by atoms with van der Waals surface area (Å²) in [5, 5.41) is 21.5. The minimum Gasteiger partial charge on any atom is -0.489 e. The van der Waals surface area contributed by atoms with Crippen molar-refractivity contribution in [1.29, 1.82) is 0 Å². The average Bonchev–Trinajstić information content (AvgIpc) is 3.31. The second-order valence-corrected chi connectivity index (χ2v) is 12.7. The van der Waals surface area contributed by atoms with Crippen molar-refractivity contribution in [2.24, 2.45) is 11.8 Å². The fraction of sp³-hybridized carbons (Fsp3) is 0.333. The van der Waals surface area contributed by atoms with E-state index in [1.165, 1.54) is 24.0 Å². The van der Waals surface area contributed by atoms with Gasteiger partial charge in [0.2, 0.25) is 5.91 Å². The third kappa shape index (κ3) is 7.72. The molecule has 0 aromatic heterocycles. The van der Waals surface area contributed by atoms with Gasteiger partial charge < -0.3 is 24.4 Å². The molecule has 2 aliphatic heterocycles. The molecule has 0 bridgehead atoms. The van der Waals surface area contributed by atoms with Crippen LogP contribution in [0.5, 0.6) is 5.75 Å². The van der Waals surface area contributed by atoms with Crippen LogP contribution in [0.2, 0.25) is 5.02 Å². The summed E-state index contributed by atoms with van der Waals surface area (Å²) in [6, 6.07) is 18.8. The molecule has 1 amide bonds. The van der Waals surface area contributed by atoms with E-state index in [0.717, 1.165) is 17.7 Å². The van der Waals surface area contributed by atoms with Gasteiger partial charge in [0.1, 0.15) is 18.1 Å². The van der Waals surface area contributed by atoms with Gasteiger partial charge in [0, 0.05) is 36.6 Å². The van der Waals surface area contributed by atoms with Gasteiger partial charge in [-0.3, -0.25) is 19.7 Å². The number of carbonyl (C=O) groups excluding carboxylic acids is 4. The number of likely N-dealkylation sites (N-methyl/N-ethyl adjacent to an activating group) is 1. The Hall–Kier alpha value is -4.91. The molecule has 5 rings (SSSR count). The van der Waals surface area contributed by atoms with Crippen LogP contribution >= 0.6 is 11.6 Å². The molecular weight excluding hydrogens is 654 g/mol. The van der Waals surface area contributed by atoms with Crippen molar-refractivity contribution in [2.45, 2.75) is 45.4 Å². The molecule has 3 aromatic rings. The van der Waals surface area contributed by atoms with Crippen LogP contribution < -0.4 is 4.74 Å². The Morgan fingerprint density at radius 3 is 2.39 bits per heavy atom. The lowest BCUT2D eigenvalue weighted by atomic mass is 9.77. The largest absolute Gasteiger partial charge is 0.489 e. The van der Waals surface area contributed by atoms with Crippen LogP contribution in [-0.2, 0) is 20.9 Å². The number of aliphatic hydroxyl groups is 1. The molecule has 4 atom stereocenters. The van der Waals surface area contributed by atoms with Crippen molar-refractivity contribution >= 4 is 40.9 Å². The van der Waals surface area contributed by atoms with Gasteiger partial charge in [0.25, 0.3) is 5.69 Å². The maximum Gasteiger partial charge on any atom is 0.362 e. The maximum atomic E-state index is 13.4. The van der Waals surface area contributed by atoms with Crippen LogP contribution in [-0.4, -0.2) is 75.7 Å². The van der Waals surface area contributed by atoms with E-state index >= 15 is 0 Å². The number of esters is 2. The molecule has 0 saturated carbocycles. The van der Waals surface area contributed by atoms with Crippen LogP contribution in [0, 0.1) is 22.0 Å². The topological polar surface area (TPSA) is 157 Å². The van der Waals surface area contributed by atoms with Crippen molar-refractivity contribution in [1.82, 2.24) is 9.80 Å². The Balaban J connectivity index is 1.22. The quantitative estimate of drug-likeness (QED) is 0.0595. The Morgan fingerprint density at radius 1 is 1.06 bits per heavy atom. The Kier molecular flexibility index (Phi) is 10.9. The number of rotatable bonds is 14. The van der Waals surface area contributed by atoms with Crippen molar-refractivity contribution in [3.05, 3.63) is 116 Å². The molecule has 13 heteroatoms. The third-order valence-electron chi connectivity index (χ3n) is 8.88. The van der Waals surface area contributed by atoms with Crippen LogP contribution in [0.3, 0.4) is 0 Å². The van der Waals surface area contributed by atoms with E-state index in [4.69, 9.17) is 21.1 Å². The van der Waals surface area contributed by atoms with Crippen molar-refractivity contribution < 1.29 is 38.7 Å². The highest BCUT2D eigenvalue weighted by Gasteiger charge is 2.60. The molecule has 49 heavy (non-hydrogen) atoms. The van der Waals surface area contributed by atoms with Crippen LogP contribution in [0.25, 0.3) is 0 Å². The predicted molar refractivity (Wildman–Crippen MR) is 179 cm³/mol. The number of ketones is 1. The van der Waals surface area contributed by atoms with Crippen LogP contribution in [0.15, 0.2) is 84.1 Å². The summed E-state index contributed by atoms with van der Waals surface area (Å²) in [6.45, 7) is 4.42. The monoisotopic (exact) mass is 689 g/mol. The van der Waals surface area contributed by atoms with Gasteiger partial charge in [0.05, 0.1) is 33.6 Å². The molecule has 1 saturated heterocycles. The van der Waals surface area contributed by atoms with Gasteiger partial charge in [-0.25, -0.2) is 9.59 Å². The third-order valence-corrected chi connectivity index (χ3v) is 9.19. The molecular formula is C36H36ClN3O9. The minimum absolute atomic E-state index is 0.0565. The first-order valence-electron chi connectivity index (χ1n) is 15.8. The summed E-state index contributed by atoms with van der Waals surface area (Å²) in [5.74, 6) is -3.14. The first-order valence-corrected chi connectivity index (χ1v) is 16.2. The van der Waals surface area contributed by atoms with Crippen molar-refractivity contribution in [3.63, 3.8) is 0 Å². The number of β-lactam (4-membered cyclic amide) rings is 1. The number of Topliss-reactive ketones (excluding diaryl/α,β-unsaturated/α-hetero) is 1. The molecule has 0 aliphatic carbocycles. The number of non-ortho nitro benzene ring substituents is 1. The smallest absolute Gasteiger partial charge is 0.362 e. The molecule has 3 aromatic carbocycles. The fourth-order valence-corrected chi connectivity index (χ4v) is 6.60. The van der Waals surface area contributed by atoms with Gasteiger partial charge in [-0.15, -0.1) is 0 Å². The number of carbonyl (C=O) groups is 4. The van der Waals surface area contributed by atoms with E-state index in [2.05, 4.69) is 0 Å². The lowest BCUT2D eigenvalue weighted by Gasteiger charge is -2.46. The van der Waals surface area contributed by atoms with Gasteiger partial charge in [0.15, 0.2) is 5.78 Å². The second kappa shape index (κ2) is 15.1. The fourth-order valence-electron chi connectivity index (χ4n) is 6.32. The molecule has 0 unspecified atom stereocenters. The summed E-state index contributed by atoms with van der Waals surface area (Å²) in [7, 11) is 1.81. The standard InChI is InChI=1S/C36H36ClN3O9/c1-21-28(19-38(3)17-7-10-30(42)27-16-15-26(18-29(27)37)48-20-23-8-5-4-6-9-23)33(39-32(21)31(22(2)41)34(39)43)36(45)49-35(44)24-11-13-25(14-12-24)40(46)47/h4-6,8-9,11-16,18,21-22,31-32,41H,7,10,17,19-20H2,1-3H3/t21-,22+,31+,32+/m0/s1. The van der Waals surface area contributed by atoms with E-state index in [9.17, 15) is 34.4 Å². The number of hydrogen-bond donors (Lipinski definition) is 1. The first-order chi connectivity index (χ1) is 23.4. The van der Waals surface area contributed by atoms with E-state index in [1.54, 1.807) is 18.2 Å². The summed E-state index contributed by atoms with van der Waals surface area (Å²) in [4.78, 5) is 65.8. The number of halogens is 1.